The zero-order valence-electron chi connectivity index (χ0n) is 17.7. The summed E-state index contributed by atoms with van der Waals surface area (Å²) in [5, 5.41) is 5.30. The van der Waals surface area contributed by atoms with Crippen LogP contribution in [0.4, 0.5) is 5.13 Å². The van der Waals surface area contributed by atoms with Crippen molar-refractivity contribution in [2.45, 2.75) is 0 Å². The second kappa shape index (κ2) is 9.94. The lowest BCUT2D eigenvalue weighted by Gasteiger charge is -2.07. The monoisotopic (exact) mass is 442 g/mol. The van der Waals surface area contributed by atoms with E-state index >= 15 is 0 Å². The molecule has 3 aromatic carbocycles. The molecule has 1 aromatic heterocycles. The van der Waals surface area contributed by atoms with E-state index in [2.05, 4.69) is 34.6 Å². The summed E-state index contributed by atoms with van der Waals surface area (Å²) in [7, 11) is 3.16. The molecule has 160 valence electrons. The number of carbonyl (C=O) groups is 1. The molecule has 0 spiro atoms. The maximum absolute atomic E-state index is 12.3. The van der Waals surface area contributed by atoms with Gasteiger partial charge in [-0.1, -0.05) is 60.7 Å². The van der Waals surface area contributed by atoms with E-state index in [9.17, 15) is 4.79 Å². The molecule has 0 bridgehead atoms. The van der Waals surface area contributed by atoms with Crippen LogP contribution in [0.1, 0.15) is 5.56 Å². The lowest BCUT2D eigenvalue weighted by Crippen LogP contribution is -2.07. The van der Waals surface area contributed by atoms with Gasteiger partial charge >= 0.3 is 0 Å². The fourth-order valence-corrected chi connectivity index (χ4v) is 3.93. The first-order chi connectivity index (χ1) is 15.7. The van der Waals surface area contributed by atoms with Crippen LogP contribution in [0.2, 0.25) is 0 Å². The zero-order chi connectivity index (χ0) is 22.3. The minimum Gasteiger partial charge on any atom is -0.493 e. The van der Waals surface area contributed by atoms with Crippen LogP contribution >= 0.6 is 11.3 Å². The number of rotatable bonds is 7. The molecule has 1 heterocycles. The Morgan fingerprint density at radius 2 is 1.56 bits per heavy atom. The molecule has 1 N–H and O–H groups in total. The second-order valence-electron chi connectivity index (χ2n) is 6.92. The van der Waals surface area contributed by atoms with Gasteiger partial charge in [0.05, 0.1) is 19.9 Å². The van der Waals surface area contributed by atoms with Crippen molar-refractivity contribution >= 4 is 28.5 Å². The summed E-state index contributed by atoms with van der Waals surface area (Å²) in [5.74, 6) is 0.999. The van der Waals surface area contributed by atoms with Gasteiger partial charge < -0.3 is 9.47 Å². The molecule has 0 saturated heterocycles. The number of nitrogens with one attached hydrogen (secondary N) is 1. The predicted octanol–water partition coefficient (Wildman–Crippen LogP) is 6.15. The molecule has 1 amide bonds. The Kier molecular flexibility index (Phi) is 6.63. The standard InChI is InChI=1S/C26H22N2O3S/c1-30-23-14-8-18(16-24(23)31-2)9-15-25(29)28-26-27-22(17-32-26)21-12-10-20(11-13-21)19-6-4-3-5-7-19/h3-17H,1-2H3,(H,27,28,29). The van der Waals surface area contributed by atoms with E-state index < -0.39 is 0 Å². The number of anilines is 1. The van der Waals surface area contributed by atoms with E-state index in [4.69, 9.17) is 9.47 Å². The third kappa shape index (κ3) is 5.04. The maximum atomic E-state index is 12.3. The Hall–Kier alpha value is -3.90. The Balaban J connectivity index is 1.41. The molecule has 0 atom stereocenters. The van der Waals surface area contributed by atoms with E-state index in [-0.39, 0.29) is 5.91 Å². The van der Waals surface area contributed by atoms with Crippen LogP contribution in [-0.4, -0.2) is 25.1 Å². The van der Waals surface area contributed by atoms with E-state index in [0.29, 0.717) is 16.6 Å². The van der Waals surface area contributed by atoms with E-state index in [1.807, 2.05) is 47.8 Å². The molecule has 0 unspecified atom stereocenters. The number of carbonyl (C=O) groups excluding carboxylic acids is 1. The normalized spacial score (nSPS) is 10.8. The van der Waals surface area contributed by atoms with E-state index in [0.717, 1.165) is 22.4 Å². The van der Waals surface area contributed by atoms with Crippen LogP contribution in [0.5, 0.6) is 11.5 Å². The van der Waals surface area contributed by atoms with Gasteiger partial charge in [0.25, 0.3) is 0 Å². The molecule has 0 aliphatic carbocycles. The van der Waals surface area contributed by atoms with Crippen molar-refractivity contribution in [3.63, 3.8) is 0 Å². The van der Waals surface area contributed by atoms with Crippen molar-refractivity contribution in [3.8, 4) is 33.9 Å². The Morgan fingerprint density at radius 3 is 2.28 bits per heavy atom. The summed E-state index contributed by atoms with van der Waals surface area (Å²) < 4.78 is 10.5. The summed E-state index contributed by atoms with van der Waals surface area (Å²) >= 11 is 1.39. The first-order valence-corrected chi connectivity index (χ1v) is 10.9. The van der Waals surface area contributed by atoms with Gasteiger partial charge in [-0.15, -0.1) is 11.3 Å². The molecule has 6 heteroatoms. The van der Waals surface area contributed by atoms with Crippen LogP contribution in [-0.2, 0) is 4.79 Å². The summed E-state index contributed by atoms with van der Waals surface area (Å²) in [6, 6.07) is 23.9. The highest BCUT2D eigenvalue weighted by molar-refractivity contribution is 7.14. The summed E-state index contributed by atoms with van der Waals surface area (Å²) in [6.07, 6.45) is 3.19. The Labute approximate surface area is 191 Å². The van der Waals surface area contributed by atoms with Crippen molar-refractivity contribution in [2.24, 2.45) is 0 Å². The second-order valence-corrected chi connectivity index (χ2v) is 7.78. The minimum absolute atomic E-state index is 0.250. The highest BCUT2D eigenvalue weighted by Gasteiger charge is 2.08. The van der Waals surface area contributed by atoms with Crippen LogP contribution in [0, 0.1) is 0 Å². The zero-order valence-corrected chi connectivity index (χ0v) is 18.6. The fraction of sp³-hybridized carbons (Fsp3) is 0.0769. The Morgan fingerprint density at radius 1 is 0.875 bits per heavy atom. The maximum Gasteiger partial charge on any atom is 0.250 e. The van der Waals surface area contributed by atoms with E-state index in [1.165, 1.54) is 23.0 Å². The molecular weight excluding hydrogens is 420 g/mol. The lowest BCUT2D eigenvalue weighted by molar-refractivity contribution is -0.111. The smallest absolute Gasteiger partial charge is 0.250 e. The van der Waals surface area contributed by atoms with E-state index in [1.54, 1.807) is 26.4 Å². The number of amides is 1. The van der Waals surface area contributed by atoms with Gasteiger partial charge in [0.1, 0.15) is 0 Å². The molecule has 32 heavy (non-hydrogen) atoms. The minimum atomic E-state index is -0.250. The van der Waals surface area contributed by atoms with Gasteiger partial charge in [-0.25, -0.2) is 4.98 Å². The van der Waals surface area contributed by atoms with Crippen LogP contribution in [0.25, 0.3) is 28.5 Å². The molecule has 5 nitrogen and oxygen atoms in total. The molecule has 0 aliphatic rings. The highest BCUT2D eigenvalue weighted by atomic mass is 32.1. The summed E-state index contributed by atoms with van der Waals surface area (Å²) in [4.78, 5) is 16.9. The van der Waals surface area contributed by atoms with Gasteiger partial charge in [0.2, 0.25) is 5.91 Å². The largest absolute Gasteiger partial charge is 0.493 e. The number of benzene rings is 3. The van der Waals surface area contributed by atoms with Crippen LogP contribution < -0.4 is 14.8 Å². The SMILES string of the molecule is COc1ccc(C=CC(=O)Nc2nc(-c3ccc(-c4ccccc4)cc3)cs2)cc1OC. The molecule has 0 radical (unpaired) electrons. The quantitative estimate of drug-likeness (QED) is 0.349. The number of aromatic nitrogens is 1. The first-order valence-electron chi connectivity index (χ1n) is 9.99. The number of thiazole rings is 1. The Bertz CT molecular complexity index is 1230. The van der Waals surface area contributed by atoms with Gasteiger partial charge in [-0.2, -0.15) is 0 Å². The van der Waals surface area contributed by atoms with Gasteiger partial charge in [0.15, 0.2) is 16.6 Å². The van der Waals surface area contributed by atoms with Gasteiger partial charge in [0, 0.05) is 17.0 Å². The van der Waals surface area contributed by atoms with Crippen molar-refractivity contribution in [1.29, 1.82) is 0 Å². The molecule has 0 saturated carbocycles. The topological polar surface area (TPSA) is 60.5 Å². The lowest BCUT2D eigenvalue weighted by atomic mass is 10.0. The van der Waals surface area contributed by atoms with Gasteiger partial charge in [-0.3, -0.25) is 10.1 Å². The molecular formula is C26H22N2O3S. The number of methoxy groups -OCH3 is 2. The average molecular weight is 443 g/mol. The predicted molar refractivity (Wildman–Crippen MR) is 130 cm³/mol. The van der Waals surface area contributed by atoms with Crippen molar-refractivity contribution in [1.82, 2.24) is 4.98 Å². The van der Waals surface area contributed by atoms with Crippen LogP contribution in [0.15, 0.2) is 84.3 Å². The van der Waals surface area contributed by atoms with Crippen LogP contribution in [0.3, 0.4) is 0 Å². The molecule has 0 aliphatic heterocycles. The number of ether oxygens (including phenoxy) is 2. The fourth-order valence-electron chi connectivity index (χ4n) is 3.20. The highest BCUT2D eigenvalue weighted by Crippen LogP contribution is 2.29. The average Bonchev–Trinajstić information content (AvgIpc) is 3.31. The van der Waals surface area contributed by atoms with Crippen molar-refractivity contribution in [3.05, 3.63) is 89.8 Å². The number of nitrogens with zero attached hydrogens (tertiary/aromatic N) is 1. The third-order valence-electron chi connectivity index (χ3n) is 4.86. The molecule has 4 rings (SSSR count). The van der Waals surface area contributed by atoms with Crippen molar-refractivity contribution < 1.29 is 14.3 Å². The molecule has 0 fully saturated rings. The molecule has 4 aromatic rings. The number of hydrogen-bond acceptors (Lipinski definition) is 5. The third-order valence-corrected chi connectivity index (χ3v) is 5.61. The summed E-state index contributed by atoms with van der Waals surface area (Å²) in [6.45, 7) is 0. The number of hydrogen-bond donors (Lipinski definition) is 1. The van der Waals surface area contributed by atoms with Gasteiger partial charge in [-0.05, 0) is 34.9 Å². The van der Waals surface area contributed by atoms with Crippen molar-refractivity contribution in [2.75, 3.05) is 19.5 Å². The summed E-state index contributed by atoms with van der Waals surface area (Å²) in [5.41, 5.74) is 4.98. The first kappa shape index (κ1) is 21.3.